The minimum atomic E-state index is -0.960. The maximum atomic E-state index is 14.7. The van der Waals surface area contributed by atoms with Crippen LogP contribution >= 0.6 is 0 Å². The van der Waals surface area contributed by atoms with Crippen LogP contribution in [0.1, 0.15) is 151 Å². The van der Waals surface area contributed by atoms with Crippen LogP contribution < -0.4 is 27.0 Å². The molecular weight excluding hydrogens is 1310 g/mol. The van der Waals surface area contributed by atoms with Crippen molar-refractivity contribution in [2.75, 3.05) is 100.0 Å². The van der Waals surface area contributed by atoms with Gasteiger partial charge in [0.2, 0.25) is 35.4 Å². The number of methoxy groups -OCH3 is 2. The summed E-state index contributed by atoms with van der Waals surface area (Å²) in [4.78, 5) is 155. The lowest BCUT2D eigenvalue weighted by Gasteiger charge is -2.41. The predicted molar refractivity (Wildman–Crippen MR) is 387 cm³/mol. The normalized spacial score (nSPS) is 18.5. The summed E-state index contributed by atoms with van der Waals surface area (Å²) in [6.07, 6.45) is 1.82. The van der Waals surface area contributed by atoms with Gasteiger partial charge in [0.25, 0.3) is 0 Å². The van der Waals surface area contributed by atoms with Crippen LogP contribution in [0.25, 0.3) is 0 Å². The Kier molecular flexibility index (Phi) is 38.0. The molecule has 102 heavy (non-hydrogen) atoms. The van der Waals surface area contributed by atoms with Gasteiger partial charge < -0.3 is 70.5 Å². The summed E-state index contributed by atoms with van der Waals surface area (Å²) in [5.41, 5.74) is 7.25. The molecule has 0 saturated carbocycles. The van der Waals surface area contributed by atoms with Gasteiger partial charge in [-0.2, -0.15) is 0 Å². The number of anilines is 1. The zero-order chi connectivity index (χ0) is 75.9. The Morgan fingerprint density at radius 3 is 1.87 bits per heavy atom. The number of hydrogen-bond donors (Lipinski definition) is 6. The van der Waals surface area contributed by atoms with Gasteiger partial charge in [-0.3, -0.25) is 52.8 Å². The quantitative estimate of drug-likeness (QED) is 0.0374. The number of carboxylic acid groups (broad SMARTS) is 1. The first-order valence-corrected chi connectivity index (χ1v) is 36.5. The number of piperidine rings is 1. The van der Waals surface area contributed by atoms with Crippen molar-refractivity contribution in [2.45, 2.75) is 195 Å². The Balaban J connectivity index is 1.36. The van der Waals surface area contributed by atoms with E-state index in [1.165, 1.54) is 7.11 Å². The first kappa shape index (κ1) is 87.2. The maximum absolute atomic E-state index is 14.7. The highest BCUT2D eigenvalue weighted by atomic mass is 16.5. The molecule has 2 unspecified atom stereocenters. The van der Waals surface area contributed by atoms with Gasteiger partial charge in [0.05, 0.1) is 75.1 Å². The number of carboxylic acids is 1. The fourth-order valence-corrected chi connectivity index (χ4v) is 14.3. The molecule has 2 aromatic carbocycles. The molecular formula is C76H121N9O17. The average molecular weight is 1430 g/mol. The molecule has 4 rings (SSSR count). The number of rotatable bonds is 47. The van der Waals surface area contributed by atoms with Crippen molar-refractivity contribution in [3.8, 4) is 0 Å². The fourth-order valence-electron chi connectivity index (χ4n) is 14.3. The van der Waals surface area contributed by atoms with E-state index in [4.69, 9.17) is 29.4 Å². The van der Waals surface area contributed by atoms with Gasteiger partial charge >= 0.3 is 12.0 Å². The van der Waals surface area contributed by atoms with Crippen LogP contribution in [0.15, 0.2) is 54.6 Å². The zero-order valence-corrected chi connectivity index (χ0v) is 63.3. The third kappa shape index (κ3) is 27.8. The number of urea groups is 1. The molecule has 7 N–H and O–H groups in total. The summed E-state index contributed by atoms with van der Waals surface area (Å²) in [6.45, 7) is 20.1. The number of nitrogens with one attached hydrogen (secondary N) is 4. The summed E-state index contributed by atoms with van der Waals surface area (Å²) in [6, 6.07) is 13.0. The number of likely N-dealkylation sites (N-methyl/N-ethyl adjacent to an activating group) is 2. The van der Waals surface area contributed by atoms with E-state index in [-0.39, 0.29) is 168 Å². The van der Waals surface area contributed by atoms with E-state index in [1.807, 2.05) is 97.8 Å². The molecule has 2 fully saturated rings. The molecule has 2 aliphatic heterocycles. The van der Waals surface area contributed by atoms with Crippen LogP contribution in [0.5, 0.6) is 0 Å². The van der Waals surface area contributed by atoms with Crippen LogP contribution in [0.4, 0.5) is 10.5 Å². The first-order chi connectivity index (χ1) is 48.3. The molecule has 0 bridgehead atoms. The van der Waals surface area contributed by atoms with Crippen LogP contribution in [0.3, 0.4) is 0 Å². The number of Topliss-reactive ketones (excluding diaryl/α,β-unsaturated/α-hetero) is 3. The molecule has 26 heteroatoms. The van der Waals surface area contributed by atoms with Crippen LogP contribution in [-0.2, 0) is 84.6 Å². The first-order valence-electron chi connectivity index (χ1n) is 36.5. The lowest BCUT2D eigenvalue weighted by Crippen LogP contribution is -2.54. The Morgan fingerprint density at radius 1 is 0.667 bits per heavy atom. The molecule has 2 saturated heterocycles. The smallest absolute Gasteiger partial charge is 0.312 e. The van der Waals surface area contributed by atoms with E-state index in [2.05, 4.69) is 21.3 Å². The Morgan fingerprint density at radius 2 is 1.30 bits per heavy atom. The van der Waals surface area contributed by atoms with E-state index >= 15 is 0 Å². The van der Waals surface area contributed by atoms with Gasteiger partial charge in [0.15, 0.2) is 11.6 Å². The van der Waals surface area contributed by atoms with E-state index in [1.54, 1.807) is 73.9 Å². The number of carbonyl (C=O) groups excluding carboxylic acids is 10. The van der Waals surface area contributed by atoms with Crippen molar-refractivity contribution in [3.05, 3.63) is 65.7 Å². The van der Waals surface area contributed by atoms with Crippen LogP contribution in [0, 0.1) is 53.3 Å². The number of nitrogens with zero attached hydrogens (tertiary/aromatic N) is 4. The number of amides is 8. The Hall–Kier alpha value is -7.23. The number of primary amides is 1. The highest BCUT2D eigenvalue weighted by Crippen LogP contribution is 2.33. The predicted octanol–water partition coefficient (Wildman–Crippen LogP) is 6.72. The molecule has 0 radical (unpaired) electrons. The summed E-state index contributed by atoms with van der Waals surface area (Å²) in [5.74, 6) is -7.31. The fraction of sp³-hybridized carbons (Fsp3) is 0.697. The second-order valence-corrected chi connectivity index (χ2v) is 29.0. The summed E-state index contributed by atoms with van der Waals surface area (Å²) < 4.78 is 28.8. The minimum Gasteiger partial charge on any atom is -0.481 e. The Labute approximate surface area is 605 Å². The number of benzene rings is 2. The maximum Gasteiger partial charge on any atom is 0.312 e. The third-order valence-electron chi connectivity index (χ3n) is 20.2. The molecule has 13 atom stereocenters. The van der Waals surface area contributed by atoms with Crippen LogP contribution in [0.2, 0.25) is 0 Å². The number of nitrogens with two attached hydrogens (primary N) is 1. The molecule has 0 aromatic heterocycles. The van der Waals surface area contributed by atoms with Crippen molar-refractivity contribution >= 4 is 70.5 Å². The van der Waals surface area contributed by atoms with Gasteiger partial charge in [-0.15, -0.1) is 0 Å². The van der Waals surface area contributed by atoms with Gasteiger partial charge in [-0.05, 0) is 113 Å². The number of aliphatic carboxylic acids is 1. The number of likely N-dealkylation sites (tertiary alicyclic amines) is 2. The number of ether oxygens (including phenoxy) is 5. The van der Waals surface area contributed by atoms with Gasteiger partial charge in [-0.25, -0.2) is 4.79 Å². The van der Waals surface area contributed by atoms with E-state index in [0.717, 1.165) is 5.56 Å². The number of hydrogen-bond acceptors (Lipinski definition) is 17. The second-order valence-electron chi connectivity index (χ2n) is 29.0. The lowest BCUT2D eigenvalue weighted by atomic mass is 9.83. The SMILES string of the molecule is CC[C@H](C)[C@@H]([C@@H](CC(=O)N1CCC[C@H]1[C@H](OC)[C@@H](C)C(=O)C[C@@H](Cc1ccccc1)C(=O)NCc1ccc(NC(=O)[C@H](CCCNC(N)=O)CC(=O)[C@@H](NC(=O)COCCOCCOCC(=O)N2CCC(C(=O)O)CC2C)C(C)C)cc1)OC)N(C)C(=O)[C@@H](CC(=O)[C@H](C(C)C)N(C)C)C(C)C. The number of ketones is 3. The largest absolute Gasteiger partial charge is 0.481 e. The van der Waals surface area contributed by atoms with Gasteiger partial charge in [0, 0.05) is 102 Å². The van der Waals surface area contributed by atoms with Crippen molar-refractivity contribution in [2.24, 2.45) is 59.0 Å². The molecule has 572 valence electrons. The molecule has 26 nitrogen and oxygen atoms in total. The van der Waals surface area contributed by atoms with Crippen molar-refractivity contribution < 1.29 is 81.5 Å². The average Bonchev–Trinajstić information content (AvgIpc) is 1.44. The molecule has 2 heterocycles. The molecule has 8 amide bonds. The monoisotopic (exact) mass is 1430 g/mol. The summed E-state index contributed by atoms with van der Waals surface area (Å²) in [7, 11) is 8.58. The van der Waals surface area contributed by atoms with Crippen molar-refractivity contribution in [1.29, 1.82) is 0 Å². The highest BCUT2D eigenvalue weighted by Gasteiger charge is 2.44. The lowest BCUT2D eigenvalue weighted by molar-refractivity contribution is -0.149. The summed E-state index contributed by atoms with van der Waals surface area (Å²) in [5, 5.41) is 20.5. The van der Waals surface area contributed by atoms with E-state index in [0.29, 0.717) is 62.9 Å². The van der Waals surface area contributed by atoms with Crippen LogP contribution in [-0.4, -0.2) is 227 Å². The van der Waals surface area contributed by atoms with E-state index in [9.17, 15) is 57.8 Å². The minimum absolute atomic E-state index is 0.00981. The van der Waals surface area contributed by atoms with Gasteiger partial charge in [-0.1, -0.05) is 111 Å². The highest BCUT2D eigenvalue weighted by molar-refractivity contribution is 5.98. The number of carbonyl (C=O) groups is 11. The van der Waals surface area contributed by atoms with E-state index < -0.39 is 83.7 Å². The zero-order valence-electron chi connectivity index (χ0n) is 63.3. The standard InChI is InChI=1S/C76H121N9O17/c1-16-50(8)70(83(13)74(94)59(47(2)3)42-63(88)69(49(6)7)82(11)12)64(98-14)43-66(90)85-32-21-25-60(85)71(99-15)52(10)61(86)41-57(39-53-22-18-17-19-23-53)72(92)79-44-54-26-28-58(29-27-54)80-73(93)55(24-20-31-78-76(77)97)40-62(87)68(48(4)5)81-65(89)45-101-36-34-100-35-37-102-46-67(91)84-33-30-56(75(95)96)38-51(84)9/h17-19,22-23,26-29,47-52,55-57,59-60,64,68-71H,16,20-21,24-25,30-46H2,1-15H3,(H,79,92)(H,80,93)(H,81,89)(H,95,96)(H3,77,78,97)/t50-,51?,52-,55+,56?,57+,59-,60-,64+,68-,69-,70-,71+/m0/s1. The molecule has 0 spiro atoms. The topological polar surface area (TPSA) is 341 Å². The Bertz CT molecular complexity index is 3000. The van der Waals surface area contributed by atoms with Crippen molar-refractivity contribution in [3.63, 3.8) is 0 Å². The van der Waals surface area contributed by atoms with Gasteiger partial charge in [0.1, 0.15) is 19.0 Å². The van der Waals surface area contributed by atoms with Crippen molar-refractivity contribution in [1.82, 2.24) is 35.6 Å². The third-order valence-corrected chi connectivity index (χ3v) is 20.2. The summed E-state index contributed by atoms with van der Waals surface area (Å²) >= 11 is 0. The molecule has 2 aliphatic rings. The molecule has 0 aliphatic carbocycles. The molecule has 2 aromatic rings. The second kappa shape index (κ2) is 44.4.